The molecule has 0 saturated heterocycles. The molecule has 180 valence electrons. The van der Waals surface area contributed by atoms with Crippen LogP contribution in [0.5, 0.6) is 11.5 Å². The number of nitrogens with one attached hydrogen (secondary N) is 1. The SMILES string of the molecule is COc1cccc(OC(C)c2nnc(SCC(=O)Nc3cc(F)ccc3C)n2-c2ccccc2)c1. The topological polar surface area (TPSA) is 78.3 Å². The van der Waals surface area contributed by atoms with Crippen molar-refractivity contribution < 1.29 is 18.7 Å². The third-order valence-corrected chi connectivity index (χ3v) is 6.13. The molecule has 0 bridgehead atoms. The number of amides is 1. The standard InChI is InChI=1S/C26H25FN4O3S/c1-17-12-13-19(27)14-23(17)28-24(32)16-35-26-30-29-25(31(26)20-8-5-4-6-9-20)18(2)34-22-11-7-10-21(15-22)33-3/h4-15,18H,16H2,1-3H3,(H,28,32). The maximum absolute atomic E-state index is 13.6. The van der Waals surface area contributed by atoms with Crippen molar-refractivity contribution in [2.75, 3.05) is 18.2 Å². The van der Waals surface area contributed by atoms with Gasteiger partial charge in [-0.3, -0.25) is 9.36 Å². The fourth-order valence-corrected chi connectivity index (χ4v) is 4.19. The fraction of sp³-hybridized carbons (Fsp3) is 0.192. The average molecular weight is 493 g/mol. The summed E-state index contributed by atoms with van der Waals surface area (Å²) in [6.45, 7) is 3.70. The minimum Gasteiger partial charge on any atom is -0.497 e. The van der Waals surface area contributed by atoms with E-state index in [1.807, 2.05) is 66.9 Å². The molecular formula is C26H25FN4O3S. The van der Waals surface area contributed by atoms with Gasteiger partial charge < -0.3 is 14.8 Å². The molecule has 35 heavy (non-hydrogen) atoms. The van der Waals surface area contributed by atoms with Gasteiger partial charge >= 0.3 is 0 Å². The van der Waals surface area contributed by atoms with Crippen LogP contribution in [-0.4, -0.2) is 33.5 Å². The van der Waals surface area contributed by atoms with E-state index in [4.69, 9.17) is 9.47 Å². The van der Waals surface area contributed by atoms with E-state index < -0.39 is 11.9 Å². The Balaban J connectivity index is 1.54. The van der Waals surface area contributed by atoms with Gasteiger partial charge in [0.2, 0.25) is 5.91 Å². The molecule has 4 rings (SSSR count). The Labute approximate surface area is 207 Å². The number of anilines is 1. The number of ether oxygens (including phenoxy) is 2. The Bertz CT molecular complexity index is 1310. The molecule has 1 amide bonds. The van der Waals surface area contributed by atoms with E-state index in [0.29, 0.717) is 28.2 Å². The number of aromatic nitrogens is 3. The molecule has 0 saturated carbocycles. The zero-order valence-electron chi connectivity index (χ0n) is 19.6. The Morgan fingerprint density at radius 3 is 2.60 bits per heavy atom. The van der Waals surface area contributed by atoms with Gasteiger partial charge in [-0.15, -0.1) is 10.2 Å². The highest BCUT2D eigenvalue weighted by Gasteiger charge is 2.22. The summed E-state index contributed by atoms with van der Waals surface area (Å²) in [4.78, 5) is 12.6. The lowest BCUT2D eigenvalue weighted by Crippen LogP contribution is -2.16. The number of halogens is 1. The molecule has 0 aliphatic heterocycles. The number of thioether (sulfide) groups is 1. The Kier molecular flexibility index (Phi) is 7.67. The Morgan fingerprint density at radius 2 is 1.83 bits per heavy atom. The number of methoxy groups -OCH3 is 1. The maximum atomic E-state index is 13.6. The van der Waals surface area contributed by atoms with Crippen LogP contribution in [0.2, 0.25) is 0 Å². The van der Waals surface area contributed by atoms with E-state index in [1.165, 1.54) is 23.9 Å². The zero-order chi connectivity index (χ0) is 24.8. The van der Waals surface area contributed by atoms with Gasteiger partial charge in [-0.1, -0.05) is 42.1 Å². The number of aryl methyl sites for hydroxylation is 1. The summed E-state index contributed by atoms with van der Waals surface area (Å²) in [5, 5.41) is 12.0. The zero-order valence-corrected chi connectivity index (χ0v) is 20.4. The number of hydrogen-bond acceptors (Lipinski definition) is 6. The van der Waals surface area contributed by atoms with E-state index in [-0.39, 0.29) is 11.7 Å². The fourth-order valence-electron chi connectivity index (χ4n) is 3.43. The molecule has 3 aromatic carbocycles. The van der Waals surface area contributed by atoms with Crippen LogP contribution in [0.4, 0.5) is 10.1 Å². The van der Waals surface area contributed by atoms with Crippen molar-refractivity contribution in [2.24, 2.45) is 0 Å². The molecule has 0 aliphatic carbocycles. The minimum absolute atomic E-state index is 0.0754. The number of carbonyl (C=O) groups is 1. The van der Waals surface area contributed by atoms with Gasteiger partial charge in [0.25, 0.3) is 0 Å². The van der Waals surface area contributed by atoms with E-state index in [9.17, 15) is 9.18 Å². The first kappa shape index (κ1) is 24.3. The highest BCUT2D eigenvalue weighted by Crippen LogP contribution is 2.29. The third kappa shape index (κ3) is 5.99. The molecule has 0 fully saturated rings. The van der Waals surface area contributed by atoms with E-state index in [0.717, 1.165) is 11.3 Å². The summed E-state index contributed by atoms with van der Waals surface area (Å²) >= 11 is 1.24. The van der Waals surface area contributed by atoms with Gasteiger partial charge in [-0.25, -0.2) is 4.39 Å². The smallest absolute Gasteiger partial charge is 0.234 e. The van der Waals surface area contributed by atoms with Crippen LogP contribution in [0.3, 0.4) is 0 Å². The van der Waals surface area contributed by atoms with Crippen LogP contribution < -0.4 is 14.8 Å². The van der Waals surface area contributed by atoms with Crippen molar-refractivity contribution in [1.29, 1.82) is 0 Å². The molecule has 1 unspecified atom stereocenters. The largest absolute Gasteiger partial charge is 0.497 e. The first-order chi connectivity index (χ1) is 16.9. The first-order valence-electron chi connectivity index (χ1n) is 10.9. The summed E-state index contributed by atoms with van der Waals surface area (Å²) < 4.78 is 26.8. The molecule has 4 aromatic rings. The number of carbonyl (C=O) groups excluding carboxylic acids is 1. The lowest BCUT2D eigenvalue weighted by molar-refractivity contribution is -0.113. The van der Waals surface area contributed by atoms with Crippen molar-refractivity contribution in [3.8, 4) is 17.2 Å². The number of rotatable bonds is 9. The average Bonchev–Trinajstić information content (AvgIpc) is 3.30. The van der Waals surface area contributed by atoms with Gasteiger partial charge in [0.15, 0.2) is 17.1 Å². The second-order valence-electron chi connectivity index (χ2n) is 7.75. The molecule has 9 heteroatoms. The normalized spacial score (nSPS) is 11.7. The maximum Gasteiger partial charge on any atom is 0.234 e. The summed E-state index contributed by atoms with van der Waals surface area (Å²) in [5.74, 6) is 1.31. The summed E-state index contributed by atoms with van der Waals surface area (Å²) in [7, 11) is 1.60. The molecule has 1 N–H and O–H groups in total. The predicted molar refractivity (Wildman–Crippen MR) is 134 cm³/mol. The van der Waals surface area contributed by atoms with Crippen molar-refractivity contribution >= 4 is 23.4 Å². The molecule has 1 heterocycles. The molecule has 0 aliphatic rings. The molecule has 7 nitrogen and oxygen atoms in total. The lowest BCUT2D eigenvalue weighted by atomic mass is 10.2. The van der Waals surface area contributed by atoms with E-state index in [2.05, 4.69) is 15.5 Å². The van der Waals surface area contributed by atoms with E-state index in [1.54, 1.807) is 19.2 Å². The lowest BCUT2D eigenvalue weighted by Gasteiger charge is -2.17. The highest BCUT2D eigenvalue weighted by molar-refractivity contribution is 7.99. The molecular weight excluding hydrogens is 467 g/mol. The molecule has 0 spiro atoms. The summed E-state index contributed by atoms with van der Waals surface area (Å²) in [6, 6.07) is 21.3. The van der Waals surface area contributed by atoms with Crippen molar-refractivity contribution in [3.05, 3.63) is 90.0 Å². The van der Waals surface area contributed by atoms with Crippen LogP contribution in [0.15, 0.2) is 78.0 Å². The Hall–Kier alpha value is -3.85. The van der Waals surface area contributed by atoms with Gasteiger partial charge in [0.05, 0.1) is 12.9 Å². The molecule has 1 aromatic heterocycles. The number of benzene rings is 3. The molecule has 1 atom stereocenters. The van der Waals surface area contributed by atoms with Crippen LogP contribution >= 0.6 is 11.8 Å². The van der Waals surface area contributed by atoms with Crippen LogP contribution in [0.25, 0.3) is 5.69 Å². The quantitative estimate of drug-likeness (QED) is 0.307. The van der Waals surface area contributed by atoms with Crippen molar-refractivity contribution in [2.45, 2.75) is 25.1 Å². The van der Waals surface area contributed by atoms with Gasteiger partial charge in [-0.2, -0.15) is 0 Å². The van der Waals surface area contributed by atoms with Gasteiger partial charge in [0.1, 0.15) is 17.3 Å². The summed E-state index contributed by atoms with van der Waals surface area (Å²) in [5.41, 5.74) is 2.07. The third-order valence-electron chi connectivity index (χ3n) is 5.20. The number of nitrogens with zero attached hydrogens (tertiary/aromatic N) is 3. The minimum atomic E-state index is -0.437. The van der Waals surface area contributed by atoms with Crippen LogP contribution in [-0.2, 0) is 4.79 Å². The summed E-state index contributed by atoms with van der Waals surface area (Å²) in [6.07, 6.45) is -0.437. The van der Waals surface area contributed by atoms with Gasteiger partial charge in [-0.05, 0) is 55.8 Å². The Morgan fingerprint density at radius 1 is 1.06 bits per heavy atom. The number of para-hydroxylation sites is 1. The van der Waals surface area contributed by atoms with Crippen molar-refractivity contribution in [3.63, 3.8) is 0 Å². The van der Waals surface area contributed by atoms with Crippen LogP contribution in [0, 0.1) is 12.7 Å². The highest BCUT2D eigenvalue weighted by atomic mass is 32.2. The number of hydrogen-bond donors (Lipinski definition) is 1. The predicted octanol–water partition coefficient (Wildman–Crippen LogP) is 5.59. The first-order valence-corrected chi connectivity index (χ1v) is 11.9. The van der Waals surface area contributed by atoms with Gasteiger partial charge in [0, 0.05) is 17.4 Å². The second kappa shape index (κ2) is 11.1. The van der Waals surface area contributed by atoms with Crippen LogP contribution in [0.1, 0.15) is 24.4 Å². The van der Waals surface area contributed by atoms with E-state index >= 15 is 0 Å². The monoisotopic (exact) mass is 492 g/mol. The second-order valence-corrected chi connectivity index (χ2v) is 8.69. The molecule has 0 radical (unpaired) electrons. The van der Waals surface area contributed by atoms with Crippen molar-refractivity contribution in [1.82, 2.24) is 14.8 Å².